The highest BCUT2D eigenvalue weighted by Gasteiger charge is 2.50. The number of hydrogen-bond donors (Lipinski definition) is 1. The first-order valence-electron chi connectivity index (χ1n) is 5.67. The fraction of sp³-hybridized carbons (Fsp3) is 0.462. The van der Waals surface area contributed by atoms with E-state index >= 15 is 0 Å². The van der Waals surface area contributed by atoms with Crippen LogP contribution >= 0.6 is 0 Å². The molecule has 0 unspecified atom stereocenters. The van der Waals surface area contributed by atoms with Crippen molar-refractivity contribution in [3.05, 3.63) is 24.3 Å². The van der Waals surface area contributed by atoms with Crippen LogP contribution in [-0.2, 0) is 9.53 Å². The number of carbonyl (C=O) groups excluding carboxylic acids is 1. The van der Waals surface area contributed by atoms with Gasteiger partial charge in [-0.2, -0.15) is 0 Å². The lowest BCUT2D eigenvalue weighted by molar-refractivity contribution is -0.146. The van der Waals surface area contributed by atoms with Gasteiger partial charge in [-0.25, -0.2) is 0 Å². The van der Waals surface area contributed by atoms with Crippen LogP contribution in [0.2, 0.25) is 0 Å². The highest BCUT2D eigenvalue weighted by atomic mass is 16.5. The SMILES string of the molecule is COC(=O)C1(CNc2ccccc2OC)CC1. The number of benzene rings is 1. The molecule has 2 rings (SSSR count). The van der Waals surface area contributed by atoms with Gasteiger partial charge in [0, 0.05) is 6.54 Å². The summed E-state index contributed by atoms with van der Waals surface area (Å²) in [7, 11) is 3.07. The molecule has 0 aromatic heterocycles. The lowest BCUT2D eigenvalue weighted by atomic mass is 10.1. The number of anilines is 1. The fourth-order valence-corrected chi connectivity index (χ4v) is 1.88. The first kappa shape index (κ1) is 11.8. The monoisotopic (exact) mass is 235 g/mol. The van der Waals surface area contributed by atoms with E-state index in [2.05, 4.69) is 5.32 Å². The van der Waals surface area contributed by atoms with Gasteiger partial charge in [0.1, 0.15) is 5.75 Å². The van der Waals surface area contributed by atoms with Crippen LogP contribution in [0.4, 0.5) is 5.69 Å². The smallest absolute Gasteiger partial charge is 0.313 e. The molecule has 1 N–H and O–H groups in total. The van der Waals surface area contributed by atoms with Crippen molar-refractivity contribution in [2.45, 2.75) is 12.8 Å². The average Bonchev–Trinajstić information content (AvgIpc) is 3.17. The largest absolute Gasteiger partial charge is 0.495 e. The van der Waals surface area contributed by atoms with E-state index in [4.69, 9.17) is 9.47 Å². The summed E-state index contributed by atoms with van der Waals surface area (Å²) in [6.07, 6.45) is 1.78. The van der Waals surface area contributed by atoms with Crippen LogP contribution < -0.4 is 10.1 Å². The lowest BCUT2D eigenvalue weighted by Crippen LogP contribution is -2.26. The number of ether oxygens (including phenoxy) is 2. The summed E-state index contributed by atoms with van der Waals surface area (Å²) in [5, 5.41) is 3.26. The van der Waals surface area contributed by atoms with E-state index in [0.717, 1.165) is 24.3 Å². The second kappa shape index (κ2) is 4.65. The van der Waals surface area contributed by atoms with Gasteiger partial charge in [0.15, 0.2) is 0 Å². The minimum atomic E-state index is -0.324. The molecule has 0 radical (unpaired) electrons. The number of esters is 1. The van der Waals surface area contributed by atoms with Gasteiger partial charge in [-0.05, 0) is 25.0 Å². The Morgan fingerprint density at radius 3 is 2.65 bits per heavy atom. The van der Waals surface area contributed by atoms with Crippen LogP contribution in [0.1, 0.15) is 12.8 Å². The second-order valence-electron chi connectivity index (χ2n) is 4.33. The number of rotatable bonds is 5. The Morgan fingerprint density at radius 1 is 1.35 bits per heavy atom. The minimum absolute atomic E-state index is 0.125. The molecule has 0 bridgehead atoms. The maximum absolute atomic E-state index is 11.6. The molecule has 1 fully saturated rings. The molecule has 0 amide bonds. The quantitative estimate of drug-likeness (QED) is 0.794. The van der Waals surface area contributed by atoms with Gasteiger partial charge in [-0.3, -0.25) is 4.79 Å². The summed E-state index contributed by atoms with van der Waals surface area (Å²) < 4.78 is 10.1. The number of hydrogen-bond acceptors (Lipinski definition) is 4. The van der Waals surface area contributed by atoms with E-state index in [1.54, 1.807) is 7.11 Å². The summed E-state index contributed by atoms with van der Waals surface area (Å²) in [5.41, 5.74) is 0.584. The van der Waals surface area contributed by atoms with Crippen LogP contribution in [0.15, 0.2) is 24.3 Å². The Morgan fingerprint density at radius 2 is 2.06 bits per heavy atom. The van der Waals surface area contributed by atoms with E-state index in [9.17, 15) is 4.79 Å². The molecule has 0 spiro atoms. The zero-order chi connectivity index (χ0) is 12.3. The van der Waals surface area contributed by atoms with E-state index in [1.807, 2.05) is 24.3 Å². The minimum Gasteiger partial charge on any atom is -0.495 e. The molecule has 0 aliphatic heterocycles. The predicted octanol–water partition coefficient (Wildman–Crippen LogP) is 2.06. The van der Waals surface area contributed by atoms with Gasteiger partial charge < -0.3 is 14.8 Å². The van der Waals surface area contributed by atoms with E-state index in [1.165, 1.54) is 7.11 Å². The average molecular weight is 235 g/mol. The third-order valence-electron chi connectivity index (χ3n) is 3.20. The molecule has 17 heavy (non-hydrogen) atoms. The van der Waals surface area contributed by atoms with Gasteiger partial charge in [0.25, 0.3) is 0 Å². The van der Waals surface area contributed by atoms with E-state index < -0.39 is 0 Å². The van der Waals surface area contributed by atoms with Gasteiger partial charge in [0.2, 0.25) is 0 Å². The molecule has 0 atom stereocenters. The van der Waals surface area contributed by atoms with Gasteiger partial charge in [-0.1, -0.05) is 12.1 Å². The third-order valence-corrected chi connectivity index (χ3v) is 3.20. The first-order valence-corrected chi connectivity index (χ1v) is 5.67. The highest BCUT2D eigenvalue weighted by Crippen LogP contribution is 2.47. The molecule has 0 saturated heterocycles. The standard InChI is InChI=1S/C13H17NO3/c1-16-11-6-4-3-5-10(11)14-9-13(7-8-13)12(15)17-2/h3-6,14H,7-9H2,1-2H3. The summed E-state index contributed by atoms with van der Waals surface area (Å²) in [4.78, 5) is 11.6. The van der Waals surface area contributed by atoms with Crippen molar-refractivity contribution in [1.29, 1.82) is 0 Å². The van der Waals surface area contributed by atoms with Crippen LogP contribution in [0.5, 0.6) is 5.75 Å². The lowest BCUT2D eigenvalue weighted by Gasteiger charge is -2.16. The molecule has 4 heteroatoms. The normalized spacial score (nSPS) is 16.1. The number of methoxy groups -OCH3 is 2. The molecule has 1 aromatic rings. The summed E-state index contributed by atoms with van der Waals surface area (Å²) in [5.74, 6) is 0.660. The fourth-order valence-electron chi connectivity index (χ4n) is 1.88. The molecule has 1 aliphatic rings. The molecular formula is C13H17NO3. The van der Waals surface area contributed by atoms with Crippen molar-refractivity contribution < 1.29 is 14.3 Å². The maximum Gasteiger partial charge on any atom is 0.313 e. The van der Waals surface area contributed by atoms with E-state index in [0.29, 0.717) is 6.54 Å². The summed E-state index contributed by atoms with van der Waals surface area (Å²) in [6.45, 7) is 0.597. The third kappa shape index (κ3) is 2.35. The van der Waals surface area contributed by atoms with E-state index in [-0.39, 0.29) is 11.4 Å². The predicted molar refractivity (Wildman–Crippen MR) is 65.2 cm³/mol. The number of nitrogens with one attached hydrogen (secondary N) is 1. The second-order valence-corrected chi connectivity index (χ2v) is 4.33. The Hall–Kier alpha value is -1.71. The van der Waals surface area contributed by atoms with Crippen molar-refractivity contribution in [3.8, 4) is 5.75 Å². The van der Waals surface area contributed by atoms with Crippen LogP contribution in [0, 0.1) is 5.41 Å². The Bertz CT molecular complexity index is 413. The molecular weight excluding hydrogens is 218 g/mol. The summed E-state index contributed by atoms with van der Waals surface area (Å²) >= 11 is 0. The molecule has 1 saturated carbocycles. The van der Waals surface area contributed by atoms with Crippen molar-refractivity contribution >= 4 is 11.7 Å². The van der Waals surface area contributed by atoms with Crippen molar-refractivity contribution in [3.63, 3.8) is 0 Å². The Kier molecular flexibility index (Phi) is 3.22. The Labute approximate surface area is 101 Å². The van der Waals surface area contributed by atoms with Gasteiger partial charge >= 0.3 is 5.97 Å². The molecule has 1 aromatic carbocycles. The van der Waals surface area contributed by atoms with Crippen LogP contribution in [0.25, 0.3) is 0 Å². The van der Waals surface area contributed by atoms with Gasteiger partial charge in [0.05, 0.1) is 25.3 Å². The molecule has 1 aliphatic carbocycles. The van der Waals surface area contributed by atoms with Gasteiger partial charge in [-0.15, -0.1) is 0 Å². The van der Waals surface area contributed by atoms with Crippen LogP contribution in [-0.4, -0.2) is 26.7 Å². The number of carbonyl (C=O) groups is 1. The van der Waals surface area contributed by atoms with Crippen molar-refractivity contribution in [2.75, 3.05) is 26.1 Å². The summed E-state index contributed by atoms with van der Waals surface area (Å²) in [6, 6.07) is 7.67. The molecule has 0 heterocycles. The highest BCUT2D eigenvalue weighted by molar-refractivity contribution is 5.80. The zero-order valence-corrected chi connectivity index (χ0v) is 10.2. The van der Waals surface area contributed by atoms with Crippen LogP contribution in [0.3, 0.4) is 0 Å². The Balaban J connectivity index is 2.01. The topological polar surface area (TPSA) is 47.6 Å². The van der Waals surface area contributed by atoms with Crippen molar-refractivity contribution in [2.24, 2.45) is 5.41 Å². The number of para-hydroxylation sites is 2. The maximum atomic E-state index is 11.6. The molecule has 4 nitrogen and oxygen atoms in total. The van der Waals surface area contributed by atoms with Crippen molar-refractivity contribution in [1.82, 2.24) is 0 Å². The zero-order valence-electron chi connectivity index (χ0n) is 10.2. The molecule has 92 valence electrons. The first-order chi connectivity index (χ1) is 8.22.